The monoisotopic (exact) mass is 374 g/mol. The number of aromatic nitrogens is 2. The first-order valence-corrected chi connectivity index (χ1v) is 8.47. The minimum atomic E-state index is -0.641. The van der Waals surface area contributed by atoms with E-state index in [1.165, 1.54) is 19.3 Å². The van der Waals surface area contributed by atoms with Crippen LogP contribution in [0.4, 0.5) is 0 Å². The molecule has 2 N–H and O–H groups in total. The maximum Gasteiger partial charge on any atom is 0.306 e. The van der Waals surface area contributed by atoms with Crippen molar-refractivity contribution < 1.29 is 31.4 Å². The number of hydrogen-bond donors (Lipinski definition) is 2. The van der Waals surface area contributed by atoms with Gasteiger partial charge in [-0.15, -0.1) is 0 Å². The second-order valence-electron chi connectivity index (χ2n) is 5.88. The largest absolute Gasteiger partial charge is 1.00 e. The summed E-state index contributed by atoms with van der Waals surface area (Å²) in [5.41, 5.74) is 0. The number of carboxylic acid groups (broad SMARTS) is 1. The van der Waals surface area contributed by atoms with Gasteiger partial charge >= 0.3 is 5.97 Å². The summed E-state index contributed by atoms with van der Waals surface area (Å²) in [6.07, 6.45) is 13.3. The zero-order chi connectivity index (χ0) is 15.5. The van der Waals surface area contributed by atoms with Gasteiger partial charge in [-0.25, -0.2) is 9.55 Å². The molecular formula is C17H31BrN2O2. The Bertz CT molecular complexity index is 407. The molecule has 0 saturated heterocycles. The van der Waals surface area contributed by atoms with E-state index in [-0.39, 0.29) is 22.9 Å². The van der Waals surface area contributed by atoms with Crippen molar-refractivity contribution in [2.75, 3.05) is 0 Å². The fourth-order valence-electron chi connectivity index (χ4n) is 2.67. The van der Waals surface area contributed by atoms with E-state index >= 15 is 0 Å². The summed E-state index contributed by atoms with van der Waals surface area (Å²) in [7, 11) is 0. The maximum atomic E-state index is 11.4. The van der Waals surface area contributed by atoms with E-state index in [2.05, 4.69) is 29.6 Å². The van der Waals surface area contributed by atoms with Crippen LogP contribution in [0.5, 0.6) is 0 Å². The number of aromatic amines is 1. The van der Waals surface area contributed by atoms with Crippen molar-refractivity contribution in [3.63, 3.8) is 0 Å². The summed E-state index contributed by atoms with van der Waals surface area (Å²) in [5, 5.41) is 9.35. The molecule has 0 aromatic carbocycles. The Morgan fingerprint density at radius 2 is 1.91 bits per heavy atom. The number of unbranched alkanes of at least 4 members (excludes halogenated alkanes) is 4. The number of halogens is 1. The van der Waals surface area contributed by atoms with E-state index in [0.717, 1.165) is 50.9 Å². The van der Waals surface area contributed by atoms with Gasteiger partial charge in [0, 0.05) is 6.42 Å². The van der Waals surface area contributed by atoms with Crippen LogP contribution in [0.1, 0.15) is 71.0 Å². The molecule has 22 heavy (non-hydrogen) atoms. The van der Waals surface area contributed by atoms with Crippen LogP contribution in [-0.2, 0) is 17.8 Å². The minimum absolute atomic E-state index is 0. The third kappa shape index (κ3) is 7.97. The van der Waals surface area contributed by atoms with Gasteiger partial charge in [0.2, 0.25) is 0 Å². The molecule has 1 atom stereocenters. The third-order valence-corrected chi connectivity index (χ3v) is 4.09. The Balaban J connectivity index is 0.00000441. The average Bonchev–Trinajstić information content (AvgIpc) is 2.91. The van der Waals surface area contributed by atoms with Crippen LogP contribution in [0.2, 0.25) is 0 Å². The highest BCUT2D eigenvalue weighted by Crippen LogP contribution is 2.16. The quantitative estimate of drug-likeness (QED) is 0.418. The number of carboxylic acids is 1. The molecule has 0 aliphatic carbocycles. The van der Waals surface area contributed by atoms with Crippen molar-refractivity contribution in [2.45, 2.75) is 78.2 Å². The first kappa shape index (κ1) is 21.2. The molecule has 1 rings (SSSR count). The van der Waals surface area contributed by atoms with Gasteiger partial charge in [0.25, 0.3) is 5.82 Å². The summed E-state index contributed by atoms with van der Waals surface area (Å²) in [6, 6.07) is 0. The lowest BCUT2D eigenvalue weighted by Gasteiger charge is -2.11. The molecule has 0 aliphatic rings. The lowest BCUT2D eigenvalue weighted by Crippen LogP contribution is -3.00. The van der Waals surface area contributed by atoms with Crippen LogP contribution in [-0.4, -0.2) is 16.1 Å². The van der Waals surface area contributed by atoms with Crippen LogP contribution in [0, 0.1) is 5.92 Å². The summed E-state index contributed by atoms with van der Waals surface area (Å²) in [5.74, 6) is 0.311. The third-order valence-electron chi connectivity index (χ3n) is 4.09. The van der Waals surface area contributed by atoms with Gasteiger partial charge < -0.3 is 22.1 Å². The van der Waals surface area contributed by atoms with Crippen LogP contribution in [0.25, 0.3) is 0 Å². The van der Waals surface area contributed by atoms with Gasteiger partial charge in [0.15, 0.2) is 0 Å². The molecule has 4 nitrogen and oxygen atoms in total. The predicted molar refractivity (Wildman–Crippen MR) is 84.1 cm³/mol. The van der Waals surface area contributed by atoms with Gasteiger partial charge in [-0.2, -0.15) is 0 Å². The Kier molecular flexibility index (Phi) is 12.2. The number of nitrogens with zero attached hydrogens (tertiary/aromatic N) is 1. The smallest absolute Gasteiger partial charge is 0.306 e. The molecule has 1 aromatic rings. The summed E-state index contributed by atoms with van der Waals surface area (Å²) >= 11 is 0. The molecule has 0 saturated carbocycles. The van der Waals surface area contributed by atoms with Crippen molar-refractivity contribution in [1.82, 2.24) is 4.98 Å². The number of nitrogens with one attached hydrogen (secondary N) is 1. The van der Waals surface area contributed by atoms with Gasteiger partial charge in [0.05, 0.1) is 12.5 Å². The number of imidazole rings is 1. The molecule has 0 amide bonds. The van der Waals surface area contributed by atoms with E-state index in [1.807, 2.05) is 6.20 Å². The zero-order valence-electron chi connectivity index (χ0n) is 14.0. The van der Waals surface area contributed by atoms with Crippen molar-refractivity contribution in [3.8, 4) is 0 Å². The Morgan fingerprint density at radius 3 is 2.55 bits per heavy atom. The molecule has 5 heteroatoms. The zero-order valence-corrected chi connectivity index (χ0v) is 15.6. The van der Waals surface area contributed by atoms with E-state index in [4.69, 9.17) is 0 Å². The van der Waals surface area contributed by atoms with Gasteiger partial charge in [0.1, 0.15) is 12.4 Å². The topological polar surface area (TPSA) is 57.0 Å². The number of aryl methyl sites for hydroxylation is 2. The molecule has 1 unspecified atom stereocenters. The van der Waals surface area contributed by atoms with Crippen molar-refractivity contribution in [3.05, 3.63) is 18.2 Å². The number of carbonyl (C=O) groups is 1. The Hall–Kier alpha value is -0.840. The molecule has 0 radical (unpaired) electrons. The fraction of sp³-hybridized carbons (Fsp3) is 0.765. The second-order valence-corrected chi connectivity index (χ2v) is 5.88. The molecule has 0 bridgehead atoms. The molecule has 1 aromatic heterocycles. The highest BCUT2D eigenvalue weighted by molar-refractivity contribution is 5.69. The fourth-order valence-corrected chi connectivity index (χ4v) is 2.67. The first-order chi connectivity index (χ1) is 10.2. The Labute approximate surface area is 145 Å². The lowest BCUT2D eigenvalue weighted by atomic mass is 9.96. The van der Waals surface area contributed by atoms with Gasteiger partial charge in [-0.1, -0.05) is 46.0 Å². The molecule has 1 heterocycles. The summed E-state index contributed by atoms with van der Waals surface area (Å²) in [6.45, 7) is 5.38. The van der Waals surface area contributed by atoms with E-state index in [0.29, 0.717) is 0 Å². The van der Waals surface area contributed by atoms with Crippen molar-refractivity contribution in [1.29, 1.82) is 0 Å². The second kappa shape index (κ2) is 12.7. The molecule has 0 aliphatic heterocycles. The predicted octanol–water partition coefficient (Wildman–Crippen LogP) is 0.710. The average molecular weight is 375 g/mol. The van der Waals surface area contributed by atoms with Gasteiger partial charge in [-0.05, 0) is 19.3 Å². The minimum Gasteiger partial charge on any atom is -1.00 e. The molecule has 0 spiro atoms. The maximum absolute atomic E-state index is 11.4. The standard InChI is InChI=1S/C17H30N2O2.BrH/c1-3-5-7-8-9-15(17(20)21)10-11-16-18-12-14-19(16)13-6-4-2;/h12,14-15H,3-11,13H2,1-2H3,(H,20,21);1H. The van der Waals surface area contributed by atoms with E-state index in [9.17, 15) is 9.90 Å². The number of H-pyrrole nitrogens is 1. The molecule has 0 fully saturated rings. The van der Waals surface area contributed by atoms with E-state index in [1.54, 1.807) is 0 Å². The normalized spacial score (nSPS) is 11.9. The first-order valence-electron chi connectivity index (χ1n) is 8.47. The van der Waals surface area contributed by atoms with E-state index < -0.39 is 5.97 Å². The number of hydrogen-bond acceptors (Lipinski definition) is 1. The Morgan fingerprint density at radius 1 is 1.18 bits per heavy atom. The SMILES string of the molecule is CCCCCCC(CCc1[nH]cc[n+]1CCCC)C(=O)O.[Br-]. The molecule has 128 valence electrons. The highest BCUT2D eigenvalue weighted by atomic mass is 79.9. The van der Waals surface area contributed by atoms with Crippen molar-refractivity contribution in [2.24, 2.45) is 5.92 Å². The summed E-state index contributed by atoms with van der Waals surface area (Å²) in [4.78, 5) is 14.6. The lowest BCUT2D eigenvalue weighted by molar-refractivity contribution is -0.703. The van der Waals surface area contributed by atoms with Gasteiger partial charge in [-0.3, -0.25) is 4.79 Å². The number of rotatable bonds is 12. The van der Waals surface area contributed by atoms with Crippen LogP contribution >= 0.6 is 0 Å². The molecular weight excluding hydrogens is 344 g/mol. The van der Waals surface area contributed by atoms with Crippen LogP contribution in [0.15, 0.2) is 12.4 Å². The van der Waals surface area contributed by atoms with Crippen molar-refractivity contribution >= 4 is 5.97 Å². The number of aliphatic carboxylic acids is 1. The summed E-state index contributed by atoms with van der Waals surface area (Å²) < 4.78 is 2.22. The highest BCUT2D eigenvalue weighted by Gasteiger charge is 2.20. The van der Waals surface area contributed by atoms with Crippen LogP contribution < -0.4 is 21.5 Å². The van der Waals surface area contributed by atoms with Crippen LogP contribution in [0.3, 0.4) is 0 Å².